The Morgan fingerprint density at radius 3 is 2.41 bits per heavy atom. The van der Waals surface area contributed by atoms with Crippen molar-refractivity contribution in [3.8, 4) is 0 Å². The van der Waals surface area contributed by atoms with E-state index in [1.165, 1.54) is 0 Å². The lowest BCUT2D eigenvalue weighted by atomic mass is 9.84. The van der Waals surface area contributed by atoms with Crippen molar-refractivity contribution in [1.29, 1.82) is 0 Å². The van der Waals surface area contributed by atoms with Gasteiger partial charge in [-0.15, -0.1) is 0 Å². The van der Waals surface area contributed by atoms with Crippen molar-refractivity contribution in [2.75, 3.05) is 13.1 Å². The number of hydrogen-bond acceptors (Lipinski definition) is 3. The number of amides is 2. The van der Waals surface area contributed by atoms with E-state index in [1.807, 2.05) is 0 Å². The first kappa shape index (κ1) is 10.1. The van der Waals surface area contributed by atoms with Gasteiger partial charge in [-0.25, -0.2) is 0 Å². The van der Waals surface area contributed by atoms with Gasteiger partial charge in [0.1, 0.15) is 0 Å². The molecule has 2 saturated heterocycles. The first-order chi connectivity index (χ1) is 8.23. The average Bonchev–Trinajstić information content (AvgIpc) is 2.78. The summed E-state index contributed by atoms with van der Waals surface area (Å²) in [5, 5.41) is 3.32. The zero-order valence-corrected chi connectivity index (χ0v) is 9.95. The van der Waals surface area contributed by atoms with Crippen molar-refractivity contribution in [3.05, 3.63) is 0 Å². The van der Waals surface area contributed by atoms with Crippen LogP contribution in [-0.4, -0.2) is 35.8 Å². The van der Waals surface area contributed by atoms with E-state index in [-0.39, 0.29) is 23.3 Å². The van der Waals surface area contributed by atoms with E-state index < -0.39 is 0 Å². The lowest BCUT2D eigenvalue weighted by molar-refractivity contribution is -0.142. The van der Waals surface area contributed by atoms with Gasteiger partial charge in [-0.05, 0) is 24.7 Å². The van der Waals surface area contributed by atoms with Crippen molar-refractivity contribution >= 4 is 11.8 Å². The number of carbonyl (C=O) groups is 2. The van der Waals surface area contributed by atoms with Gasteiger partial charge >= 0.3 is 0 Å². The molecule has 0 aromatic heterocycles. The molecule has 4 fully saturated rings. The number of rotatable bonds is 1. The molecule has 2 aliphatic carbocycles. The Balaban J connectivity index is 1.60. The summed E-state index contributed by atoms with van der Waals surface area (Å²) in [5.74, 6) is 1.38. The van der Waals surface area contributed by atoms with Crippen molar-refractivity contribution in [2.45, 2.75) is 38.1 Å². The first-order valence-corrected chi connectivity index (χ1v) is 6.80. The third kappa shape index (κ3) is 1.17. The number of fused-ring (bicyclic) bond motifs is 1. The number of nitrogens with one attached hydrogen (secondary N) is 1. The van der Waals surface area contributed by atoms with Crippen LogP contribution in [0, 0.1) is 17.3 Å². The fourth-order valence-corrected chi connectivity index (χ4v) is 4.33. The Kier molecular flexibility index (Phi) is 1.84. The van der Waals surface area contributed by atoms with Gasteiger partial charge in [-0.2, -0.15) is 0 Å². The highest BCUT2D eigenvalue weighted by Gasteiger charge is 2.64. The Morgan fingerprint density at radius 1 is 1.12 bits per heavy atom. The van der Waals surface area contributed by atoms with Crippen LogP contribution in [0.4, 0.5) is 0 Å². The third-order valence-corrected chi connectivity index (χ3v) is 5.34. The van der Waals surface area contributed by atoms with E-state index in [4.69, 9.17) is 0 Å². The molecule has 0 aromatic rings. The van der Waals surface area contributed by atoms with Crippen LogP contribution in [0.15, 0.2) is 0 Å². The number of hydrogen-bond donors (Lipinski definition) is 1. The molecule has 2 atom stereocenters. The Labute approximate surface area is 101 Å². The standard InChI is InChI=1S/C13H18N2O2/c16-10-5-13(3-1-2-4-13)12(17)15(10)11-8-6-14-7-9(8)11/h8-9,11,14H,1-7H2. The van der Waals surface area contributed by atoms with Crippen LogP contribution >= 0.6 is 0 Å². The van der Waals surface area contributed by atoms with Gasteiger partial charge in [0.25, 0.3) is 0 Å². The van der Waals surface area contributed by atoms with Crippen molar-refractivity contribution in [3.63, 3.8) is 0 Å². The minimum atomic E-state index is -0.276. The van der Waals surface area contributed by atoms with Gasteiger partial charge in [0.15, 0.2) is 0 Å². The van der Waals surface area contributed by atoms with Crippen molar-refractivity contribution in [1.82, 2.24) is 10.2 Å². The normalized spacial score (nSPS) is 42.6. The Morgan fingerprint density at radius 2 is 1.76 bits per heavy atom. The number of carbonyl (C=O) groups excluding carboxylic acids is 2. The predicted octanol–water partition coefficient (Wildman–Crippen LogP) is 0.523. The van der Waals surface area contributed by atoms with Crippen LogP contribution in [-0.2, 0) is 9.59 Å². The molecule has 0 radical (unpaired) electrons. The van der Waals surface area contributed by atoms with Crippen LogP contribution in [0.5, 0.6) is 0 Å². The van der Waals surface area contributed by atoms with Gasteiger partial charge in [-0.1, -0.05) is 12.8 Å². The summed E-state index contributed by atoms with van der Waals surface area (Å²) >= 11 is 0. The highest BCUT2D eigenvalue weighted by Crippen LogP contribution is 2.53. The highest BCUT2D eigenvalue weighted by atomic mass is 16.2. The summed E-state index contributed by atoms with van der Waals surface area (Å²) in [6, 6.07) is 0.247. The van der Waals surface area contributed by atoms with Crippen LogP contribution in [0.3, 0.4) is 0 Å². The molecule has 4 aliphatic rings. The molecule has 4 heteroatoms. The molecule has 1 spiro atoms. The molecule has 4 rings (SSSR count). The van der Waals surface area contributed by atoms with Gasteiger partial charge in [0.05, 0.1) is 5.41 Å². The summed E-state index contributed by atoms with van der Waals surface area (Å²) in [4.78, 5) is 26.3. The van der Waals surface area contributed by atoms with Crippen LogP contribution in [0.2, 0.25) is 0 Å². The maximum atomic E-state index is 12.5. The second-order valence-electron chi connectivity index (χ2n) is 6.21. The maximum absolute atomic E-state index is 12.5. The number of likely N-dealkylation sites (tertiary alicyclic amines) is 1. The lowest BCUT2D eigenvalue weighted by Crippen LogP contribution is -2.39. The smallest absolute Gasteiger partial charge is 0.236 e. The minimum absolute atomic E-state index is 0.108. The van der Waals surface area contributed by atoms with E-state index in [2.05, 4.69) is 5.32 Å². The van der Waals surface area contributed by atoms with E-state index >= 15 is 0 Å². The summed E-state index contributed by atoms with van der Waals surface area (Å²) in [6.45, 7) is 1.97. The zero-order chi connectivity index (χ0) is 11.6. The largest absolute Gasteiger partial charge is 0.316 e. The molecule has 0 bridgehead atoms. The Bertz CT molecular complexity index is 390. The fraction of sp³-hybridized carbons (Fsp3) is 0.846. The van der Waals surface area contributed by atoms with Crippen LogP contribution < -0.4 is 5.32 Å². The minimum Gasteiger partial charge on any atom is -0.316 e. The lowest BCUT2D eigenvalue weighted by Gasteiger charge is -2.22. The maximum Gasteiger partial charge on any atom is 0.236 e. The molecule has 17 heavy (non-hydrogen) atoms. The molecule has 92 valence electrons. The van der Waals surface area contributed by atoms with E-state index in [0.29, 0.717) is 18.3 Å². The molecule has 2 aliphatic heterocycles. The molecule has 4 nitrogen and oxygen atoms in total. The quantitative estimate of drug-likeness (QED) is 0.673. The number of imide groups is 1. The second kappa shape index (κ2) is 3.10. The van der Waals surface area contributed by atoms with Gasteiger partial charge in [0, 0.05) is 25.6 Å². The van der Waals surface area contributed by atoms with E-state index in [0.717, 1.165) is 38.8 Å². The SMILES string of the molecule is O=C1CC2(CCCC2)C(=O)N1C1C2CNCC21. The van der Waals surface area contributed by atoms with Gasteiger partial charge in [-0.3, -0.25) is 14.5 Å². The van der Waals surface area contributed by atoms with Gasteiger partial charge < -0.3 is 5.32 Å². The molecule has 2 saturated carbocycles. The highest BCUT2D eigenvalue weighted by molar-refractivity contribution is 6.06. The van der Waals surface area contributed by atoms with E-state index in [9.17, 15) is 9.59 Å². The summed E-state index contributed by atoms with van der Waals surface area (Å²) in [6.07, 6.45) is 4.61. The third-order valence-electron chi connectivity index (χ3n) is 5.34. The predicted molar refractivity (Wildman–Crippen MR) is 61.0 cm³/mol. The summed E-state index contributed by atoms with van der Waals surface area (Å²) in [5.41, 5.74) is -0.276. The molecule has 2 heterocycles. The van der Waals surface area contributed by atoms with Crippen molar-refractivity contribution in [2.24, 2.45) is 17.3 Å². The molecular formula is C13H18N2O2. The monoisotopic (exact) mass is 234 g/mol. The zero-order valence-electron chi connectivity index (χ0n) is 9.95. The number of nitrogens with zero attached hydrogens (tertiary/aromatic N) is 1. The molecule has 2 unspecified atom stereocenters. The fourth-order valence-electron chi connectivity index (χ4n) is 4.33. The number of piperidine rings is 1. The molecule has 1 N–H and O–H groups in total. The second-order valence-corrected chi connectivity index (χ2v) is 6.21. The van der Waals surface area contributed by atoms with Gasteiger partial charge in [0.2, 0.25) is 11.8 Å². The van der Waals surface area contributed by atoms with Crippen molar-refractivity contribution < 1.29 is 9.59 Å². The van der Waals surface area contributed by atoms with Crippen LogP contribution in [0.25, 0.3) is 0 Å². The van der Waals surface area contributed by atoms with E-state index in [1.54, 1.807) is 4.90 Å². The Hall–Kier alpha value is -0.900. The average molecular weight is 234 g/mol. The topological polar surface area (TPSA) is 49.4 Å². The summed E-state index contributed by atoms with van der Waals surface area (Å²) < 4.78 is 0. The molecule has 2 amide bonds. The molecular weight excluding hydrogens is 216 g/mol. The molecule has 0 aromatic carbocycles. The van der Waals surface area contributed by atoms with Crippen LogP contribution in [0.1, 0.15) is 32.1 Å². The summed E-state index contributed by atoms with van der Waals surface area (Å²) in [7, 11) is 0. The first-order valence-electron chi connectivity index (χ1n) is 6.80.